The molecule has 22 heavy (non-hydrogen) atoms. The van der Waals surface area contributed by atoms with Gasteiger partial charge in [0.05, 0.1) is 30.9 Å². The summed E-state index contributed by atoms with van der Waals surface area (Å²) >= 11 is 0. The average Bonchev–Trinajstić information content (AvgIpc) is 2.89. The van der Waals surface area contributed by atoms with E-state index >= 15 is 0 Å². The van der Waals surface area contributed by atoms with Crippen molar-refractivity contribution in [3.05, 3.63) is 29.6 Å². The Labute approximate surface area is 131 Å². The minimum absolute atomic E-state index is 0.0574. The summed E-state index contributed by atoms with van der Waals surface area (Å²) in [6.07, 6.45) is 6.68. The molecule has 1 aliphatic heterocycles. The molecule has 2 atom stereocenters. The predicted octanol–water partition coefficient (Wildman–Crippen LogP) is 2.05. The molecule has 1 spiro atoms. The zero-order valence-electron chi connectivity index (χ0n) is 13.4. The molecular formula is C17H24N2O3. The molecule has 1 amide bonds. The lowest BCUT2D eigenvalue weighted by atomic mass is 9.89. The first-order chi connectivity index (χ1) is 10.6. The first kappa shape index (κ1) is 15.4. The normalized spacial score (nSPS) is 28.3. The molecule has 5 heteroatoms. The number of amides is 1. The van der Waals surface area contributed by atoms with Gasteiger partial charge < -0.3 is 14.4 Å². The third-order valence-electron chi connectivity index (χ3n) is 4.88. The first-order valence-corrected chi connectivity index (χ1v) is 7.98. The minimum Gasteiger partial charge on any atom is -0.384 e. The number of morpholine rings is 1. The zero-order chi connectivity index (χ0) is 15.6. The standard InChI is InChI=1S/C17H24N2O3/c1-13-8-14(10-18-9-13)16(20)19-6-7-22-17(12-19)5-3-4-15(17)11-21-2/h8-10,15H,3-7,11-12H2,1-2H3/t15-,17+/m0/s1. The van der Waals surface area contributed by atoms with E-state index in [1.807, 2.05) is 17.9 Å². The van der Waals surface area contributed by atoms with Crippen molar-refractivity contribution in [1.82, 2.24) is 9.88 Å². The molecule has 2 aliphatic rings. The quantitative estimate of drug-likeness (QED) is 0.857. The van der Waals surface area contributed by atoms with E-state index in [0.717, 1.165) is 24.8 Å². The number of carbonyl (C=O) groups excluding carboxylic acids is 1. The molecule has 0 N–H and O–H groups in total. The highest BCUT2D eigenvalue weighted by molar-refractivity contribution is 5.94. The molecular weight excluding hydrogens is 280 g/mol. The highest BCUT2D eigenvalue weighted by Gasteiger charge is 2.47. The maximum Gasteiger partial charge on any atom is 0.255 e. The van der Waals surface area contributed by atoms with Gasteiger partial charge in [0.15, 0.2) is 0 Å². The topological polar surface area (TPSA) is 51.7 Å². The van der Waals surface area contributed by atoms with Crippen molar-refractivity contribution in [3.8, 4) is 0 Å². The van der Waals surface area contributed by atoms with Crippen LogP contribution < -0.4 is 0 Å². The molecule has 0 bridgehead atoms. The number of ether oxygens (including phenoxy) is 2. The van der Waals surface area contributed by atoms with E-state index in [1.165, 1.54) is 0 Å². The molecule has 3 rings (SSSR count). The number of rotatable bonds is 3. The van der Waals surface area contributed by atoms with Gasteiger partial charge in [-0.15, -0.1) is 0 Å². The van der Waals surface area contributed by atoms with E-state index in [-0.39, 0.29) is 11.5 Å². The molecule has 5 nitrogen and oxygen atoms in total. The van der Waals surface area contributed by atoms with Crippen LogP contribution in [0.3, 0.4) is 0 Å². The molecule has 1 aliphatic carbocycles. The van der Waals surface area contributed by atoms with Crippen molar-refractivity contribution in [2.45, 2.75) is 31.8 Å². The van der Waals surface area contributed by atoms with Crippen LogP contribution in [0.4, 0.5) is 0 Å². The number of carbonyl (C=O) groups is 1. The van der Waals surface area contributed by atoms with Gasteiger partial charge in [-0.25, -0.2) is 0 Å². The fraction of sp³-hybridized carbons (Fsp3) is 0.647. The monoisotopic (exact) mass is 304 g/mol. The Morgan fingerprint density at radius 1 is 1.55 bits per heavy atom. The van der Waals surface area contributed by atoms with E-state index in [0.29, 0.717) is 37.8 Å². The van der Waals surface area contributed by atoms with Gasteiger partial charge in [0.25, 0.3) is 5.91 Å². The Morgan fingerprint density at radius 2 is 2.41 bits per heavy atom. The van der Waals surface area contributed by atoms with Crippen molar-refractivity contribution in [2.24, 2.45) is 5.92 Å². The third-order valence-corrected chi connectivity index (χ3v) is 4.88. The zero-order valence-corrected chi connectivity index (χ0v) is 13.4. The van der Waals surface area contributed by atoms with Crippen LogP contribution in [0.25, 0.3) is 0 Å². The summed E-state index contributed by atoms with van der Waals surface area (Å²) in [5.74, 6) is 0.436. The van der Waals surface area contributed by atoms with Crippen LogP contribution in [-0.2, 0) is 9.47 Å². The molecule has 0 aromatic carbocycles. The summed E-state index contributed by atoms with van der Waals surface area (Å²) in [5, 5.41) is 0. The number of pyridine rings is 1. The van der Waals surface area contributed by atoms with E-state index < -0.39 is 0 Å². The molecule has 1 aromatic rings. The second kappa shape index (κ2) is 6.34. The summed E-state index contributed by atoms with van der Waals surface area (Å²) in [4.78, 5) is 18.8. The van der Waals surface area contributed by atoms with Crippen LogP contribution in [0, 0.1) is 12.8 Å². The lowest BCUT2D eigenvalue weighted by Crippen LogP contribution is -2.56. The second-order valence-corrected chi connectivity index (χ2v) is 6.44. The summed E-state index contributed by atoms with van der Waals surface area (Å²) in [6, 6.07) is 1.90. The lowest BCUT2D eigenvalue weighted by Gasteiger charge is -2.44. The fourth-order valence-electron chi connectivity index (χ4n) is 3.78. The first-order valence-electron chi connectivity index (χ1n) is 7.98. The molecule has 2 fully saturated rings. The molecule has 1 saturated heterocycles. The lowest BCUT2D eigenvalue weighted by molar-refractivity contribution is -0.130. The van der Waals surface area contributed by atoms with Crippen LogP contribution in [0.15, 0.2) is 18.5 Å². The van der Waals surface area contributed by atoms with Crippen LogP contribution in [0.2, 0.25) is 0 Å². The van der Waals surface area contributed by atoms with Gasteiger partial charge in [0, 0.05) is 32.0 Å². The highest BCUT2D eigenvalue weighted by atomic mass is 16.5. The number of aryl methyl sites for hydroxylation is 1. The summed E-state index contributed by atoms with van der Waals surface area (Å²) < 4.78 is 11.5. The van der Waals surface area contributed by atoms with Gasteiger partial charge in [0.2, 0.25) is 0 Å². The van der Waals surface area contributed by atoms with E-state index in [2.05, 4.69) is 4.98 Å². The third kappa shape index (κ3) is 2.88. The maximum absolute atomic E-state index is 12.8. The van der Waals surface area contributed by atoms with Crippen molar-refractivity contribution < 1.29 is 14.3 Å². The van der Waals surface area contributed by atoms with Crippen LogP contribution >= 0.6 is 0 Å². The molecule has 1 saturated carbocycles. The van der Waals surface area contributed by atoms with Crippen LogP contribution in [0.1, 0.15) is 35.2 Å². The van der Waals surface area contributed by atoms with Gasteiger partial charge in [-0.3, -0.25) is 9.78 Å². The van der Waals surface area contributed by atoms with Gasteiger partial charge in [-0.1, -0.05) is 6.42 Å². The van der Waals surface area contributed by atoms with Crippen molar-refractivity contribution in [2.75, 3.05) is 33.4 Å². The number of methoxy groups -OCH3 is 1. The number of hydrogen-bond acceptors (Lipinski definition) is 4. The summed E-state index contributed by atoms with van der Waals surface area (Å²) in [7, 11) is 1.73. The van der Waals surface area contributed by atoms with E-state index in [9.17, 15) is 4.79 Å². The van der Waals surface area contributed by atoms with Crippen LogP contribution in [-0.4, -0.2) is 54.8 Å². The molecule has 2 heterocycles. The molecule has 120 valence electrons. The van der Waals surface area contributed by atoms with E-state index in [1.54, 1.807) is 19.5 Å². The maximum atomic E-state index is 12.8. The average molecular weight is 304 g/mol. The Morgan fingerprint density at radius 3 is 3.18 bits per heavy atom. The van der Waals surface area contributed by atoms with Gasteiger partial charge in [-0.05, 0) is 31.4 Å². The summed E-state index contributed by atoms with van der Waals surface area (Å²) in [6.45, 7) is 4.57. The fourth-order valence-corrected chi connectivity index (χ4v) is 3.78. The van der Waals surface area contributed by atoms with Crippen molar-refractivity contribution >= 4 is 5.91 Å². The van der Waals surface area contributed by atoms with Gasteiger partial charge >= 0.3 is 0 Å². The largest absolute Gasteiger partial charge is 0.384 e. The second-order valence-electron chi connectivity index (χ2n) is 6.44. The minimum atomic E-state index is -0.221. The van der Waals surface area contributed by atoms with Gasteiger partial charge in [0.1, 0.15) is 0 Å². The van der Waals surface area contributed by atoms with Gasteiger partial charge in [-0.2, -0.15) is 0 Å². The Balaban J connectivity index is 1.76. The Kier molecular flexibility index (Phi) is 4.45. The molecule has 0 radical (unpaired) electrons. The Hall–Kier alpha value is -1.46. The summed E-state index contributed by atoms with van der Waals surface area (Å²) in [5.41, 5.74) is 1.45. The van der Waals surface area contributed by atoms with E-state index in [4.69, 9.17) is 9.47 Å². The highest BCUT2D eigenvalue weighted by Crippen LogP contribution is 2.41. The number of hydrogen-bond donors (Lipinski definition) is 0. The smallest absolute Gasteiger partial charge is 0.255 e. The molecule has 1 aromatic heterocycles. The number of nitrogens with zero attached hydrogens (tertiary/aromatic N) is 2. The van der Waals surface area contributed by atoms with Crippen LogP contribution in [0.5, 0.6) is 0 Å². The van der Waals surface area contributed by atoms with Crippen molar-refractivity contribution in [1.29, 1.82) is 0 Å². The SMILES string of the molecule is COC[C@@H]1CCC[C@@]12CN(C(=O)c1cncc(C)c1)CCO2. The Bertz CT molecular complexity index is 548. The predicted molar refractivity (Wildman–Crippen MR) is 82.8 cm³/mol. The van der Waals surface area contributed by atoms with Crippen molar-refractivity contribution in [3.63, 3.8) is 0 Å². The molecule has 0 unspecified atom stereocenters. The number of aromatic nitrogens is 1.